The lowest BCUT2D eigenvalue weighted by atomic mass is 10.0. The van der Waals surface area contributed by atoms with Crippen molar-refractivity contribution in [1.82, 2.24) is 5.32 Å². The van der Waals surface area contributed by atoms with Crippen LogP contribution in [0.1, 0.15) is 31.9 Å². The monoisotopic (exact) mass is 258 g/mol. The van der Waals surface area contributed by atoms with Crippen molar-refractivity contribution in [3.8, 4) is 0 Å². The van der Waals surface area contributed by atoms with E-state index in [2.05, 4.69) is 5.32 Å². The van der Waals surface area contributed by atoms with Crippen LogP contribution in [0.4, 0.5) is 8.78 Å². The van der Waals surface area contributed by atoms with Gasteiger partial charge in [0, 0.05) is 30.3 Å². The van der Waals surface area contributed by atoms with Crippen molar-refractivity contribution < 1.29 is 13.9 Å². The number of aliphatic hydroxyl groups is 1. The van der Waals surface area contributed by atoms with Gasteiger partial charge in [0.15, 0.2) is 0 Å². The summed E-state index contributed by atoms with van der Waals surface area (Å²) in [5.41, 5.74) is 5.95. The van der Waals surface area contributed by atoms with Crippen LogP contribution in [-0.2, 0) is 0 Å². The van der Waals surface area contributed by atoms with E-state index in [0.29, 0.717) is 12.0 Å². The smallest absolute Gasteiger partial charge is 0.130 e. The fourth-order valence-corrected chi connectivity index (χ4v) is 1.99. The second-order valence-electron chi connectivity index (χ2n) is 4.61. The van der Waals surface area contributed by atoms with Gasteiger partial charge in [-0.1, -0.05) is 6.07 Å². The van der Waals surface area contributed by atoms with Crippen LogP contribution in [-0.4, -0.2) is 23.8 Å². The highest BCUT2D eigenvalue weighted by molar-refractivity contribution is 5.22. The van der Waals surface area contributed by atoms with E-state index in [0.717, 1.165) is 6.07 Å². The molecule has 0 amide bonds. The van der Waals surface area contributed by atoms with Crippen LogP contribution < -0.4 is 11.1 Å². The molecule has 0 radical (unpaired) electrons. The van der Waals surface area contributed by atoms with Crippen LogP contribution in [0.15, 0.2) is 18.2 Å². The van der Waals surface area contributed by atoms with Crippen molar-refractivity contribution in [1.29, 1.82) is 0 Å². The average molecular weight is 258 g/mol. The minimum atomic E-state index is -0.609. The quantitative estimate of drug-likeness (QED) is 0.728. The van der Waals surface area contributed by atoms with Gasteiger partial charge in [0.1, 0.15) is 11.6 Å². The molecule has 102 valence electrons. The lowest BCUT2D eigenvalue weighted by molar-refractivity contribution is 0.168. The SMILES string of the molecule is CC(O)CC(C)NC(CN)c1ccc(F)cc1F. The highest BCUT2D eigenvalue weighted by atomic mass is 19.1. The van der Waals surface area contributed by atoms with Gasteiger partial charge >= 0.3 is 0 Å². The van der Waals surface area contributed by atoms with Gasteiger partial charge < -0.3 is 16.2 Å². The summed E-state index contributed by atoms with van der Waals surface area (Å²) in [6.45, 7) is 3.78. The third kappa shape index (κ3) is 4.33. The molecule has 4 N–H and O–H groups in total. The number of benzene rings is 1. The van der Waals surface area contributed by atoms with Crippen molar-refractivity contribution in [2.45, 2.75) is 38.5 Å². The van der Waals surface area contributed by atoms with E-state index >= 15 is 0 Å². The van der Waals surface area contributed by atoms with E-state index < -0.39 is 17.7 Å². The minimum absolute atomic E-state index is 0.0111. The van der Waals surface area contributed by atoms with E-state index in [-0.39, 0.29) is 18.6 Å². The molecule has 0 spiro atoms. The summed E-state index contributed by atoms with van der Waals surface area (Å²) in [5, 5.41) is 12.4. The Morgan fingerprint density at radius 1 is 1.33 bits per heavy atom. The van der Waals surface area contributed by atoms with Gasteiger partial charge in [-0.15, -0.1) is 0 Å². The highest BCUT2D eigenvalue weighted by Gasteiger charge is 2.17. The van der Waals surface area contributed by atoms with Gasteiger partial charge in [-0.05, 0) is 26.3 Å². The van der Waals surface area contributed by atoms with E-state index in [1.54, 1.807) is 6.92 Å². The molecule has 1 aromatic rings. The summed E-state index contributed by atoms with van der Waals surface area (Å²) in [6, 6.07) is 3.05. The molecule has 0 saturated carbocycles. The predicted octanol–water partition coefficient (Wildman–Crippen LogP) is 1.71. The zero-order chi connectivity index (χ0) is 13.7. The summed E-state index contributed by atoms with van der Waals surface area (Å²) in [6.07, 6.45) is 0.100. The second kappa shape index (κ2) is 6.78. The number of nitrogens with two attached hydrogens (primary N) is 1. The summed E-state index contributed by atoms with van der Waals surface area (Å²) in [5.74, 6) is -1.22. The molecule has 0 aliphatic heterocycles. The molecule has 5 heteroatoms. The Morgan fingerprint density at radius 3 is 2.50 bits per heavy atom. The van der Waals surface area contributed by atoms with Crippen molar-refractivity contribution in [2.75, 3.05) is 6.54 Å². The molecule has 0 fully saturated rings. The Bertz CT molecular complexity index is 385. The van der Waals surface area contributed by atoms with E-state index in [4.69, 9.17) is 5.73 Å². The maximum absolute atomic E-state index is 13.6. The standard InChI is InChI=1S/C13H20F2N2O/c1-8(5-9(2)18)17-13(7-16)11-4-3-10(14)6-12(11)15/h3-4,6,8-9,13,17-18H,5,7,16H2,1-2H3. The molecule has 1 rings (SSSR count). The maximum atomic E-state index is 13.6. The predicted molar refractivity (Wildman–Crippen MR) is 67.0 cm³/mol. The number of hydrogen-bond acceptors (Lipinski definition) is 3. The fraction of sp³-hybridized carbons (Fsp3) is 0.538. The molecule has 1 aromatic carbocycles. The summed E-state index contributed by atoms with van der Waals surface area (Å²) in [4.78, 5) is 0. The summed E-state index contributed by atoms with van der Waals surface area (Å²) < 4.78 is 26.4. The molecule has 0 aliphatic carbocycles. The van der Waals surface area contributed by atoms with Crippen LogP contribution in [0.25, 0.3) is 0 Å². The molecular weight excluding hydrogens is 238 g/mol. The Labute approximate surface area is 106 Å². The normalized spacial score (nSPS) is 16.3. The molecule has 0 heterocycles. The summed E-state index contributed by atoms with van der Waals surface area (Å²) in [7, 11) is 0. The zero-order valence-electron chi connectivity index (χ0n) is 10.7. The first-order chi connectivity index (χ1) is 8.43. The molecule has 3 nitrogen and oxygen atoms in total. The largest absolute Gasteiger partial charge is 0.393 e. The Kier molecular flexibility index (Phi) is 5.65. The topological polar surface area (TPSA) is 58.3 Å². The van der Waals surface area contributed by atoms with Crippen molar-refractivity contribution in [3.05, 3.63) is 35.4 Å². The Morgan fingerprint density at radius 2 is 2.00 bits per heavy atom. The average Bonchev–Trinajstić information content (AvgIpc) is 2.25. The minimum Gasteiger partial charge on any atom is -0.393 e. The molecule has 0 aliphatic rings. The molecule has 0 bridgehead atoms. The molecule has 3 unspecified atom stereocenters. The number of nitrogens with one attached hydrogen (secondary N) is 1. The van der Waals surface area contributed by atoms with Crippen LogP contribution >= 0.6 is 0 Å². The first-order valence-corrected chi connectivity index (χ1v) is 6.03. The van der Waals surface area contributed by atoms with Gasteiger partial charge in [-0.25, -0.2) is 8.78 Å². The van der Waals surface area contributed by atoms with E-state index in [9.17, 15) is 13.9 Å². The van der Waals surface area contributed by atoms with Crippen LogP contribution in [0.5, 0.6) is 0 Å². The fourth-order valence-electron chi connectivity index (χ4n) is 1.99. The van der Waals surface area contributed by atoms with Gasteiger partial charge in [0.2, 0.25) is 0 Å². The van der Waals surface area contributed by atoms with E-state index in [1.165, 1.54) is 12.1 Å². The number of hydrogen-bond donors (Lipinski definition) is 3. The molecule has 0 saturated heterocycles. The highest BCUT2D eigenvalue weighted by Crippen LogP contribution is 2.18. The van der Waals surface area contributed by atoms with Crippen molar-refractivity contribution in [3.63, 3.8) is 0 Å². The zero-order valence-corrected chi connectivity index (χ0v) is 10.7. The van der Waals surface area contributed by atoms with Gasteiger partial charge in [-0.2, -0.15) is 0 Å². The lowest BCUT2D eigenvalue weighted by Crippen LogP contribution is -2.37. The first kappa shape index (κ1) is 15.0. The molecule has 18 heavy (non-hydrogen) atoms. The van der Waals surface area contributed by atoms with Crippen LogP contribution in [0, 0.1) is 11.6 Å². The van der Waals surface area contributed by atoms with E-state index in [1.807, 2.05) is 6.92 Å². The molecule has 0 aromatic heterocycles. The number of rotatable bonds is 6. The third-order valence-corrected chi connectivity index (χ3v) is 2.75. The second-order valence-corrected chi connectivity index (χ2v) is 4.61. The van der Waals surface area contributed by atoms with Gasteiger partial charge in [-0.3, -0.25) is 0 Å². The number of aliphatic hydroxyl groups excluding tert-OH is 1. The van der Waals surface area contributed by atoms with Crippen molar-refractivity contribution >= 4 is 0 Å². The first-order valence-electron chi connectivity index (χ1n) is 6.03. The van der Waals surface area contributed by atoms with Crippen molar-refractivity contribution in [2.24, 2.45) is 5.73 Å². The third-order valence-electron chi connectivity index (χ3n) is 2.75. The van der Waals surface area contributed by atoms with Gasteiger partial charge in [0.05, 0.1) is 6.10 Å². The van der Waals surface area contributed by atoms with Crippen LogP contribution in [0.3, 0.4) is 0 Å². The molecule has 3 atom stereocenters. The lowest BCUT2D eigenvalue weighted by Gasteiger charge is -2.23. The summed E-state index contributed by atoms with van der Waals surface area (Å²) >= 11 is 0. The van der Waals surface area contributed by atoms with Crippen LogP contribution in [0.2, 0.25) is 0 Å². The Balaban J connectivity index is 2.76. The molecular formula is C13H20F2N2O. The Hall–Kier alpha value is -1.04. The number of halogens is 2. The maximum Gasteiger partial charge on any atom is 0.130 e. The van der Waals surface area contributed by atoms with Gasteiger partial charge in [0.25, 0.3) is 0 Å².